The zero-order valence-electron chi connectivity index (χ0n) is 20.0. The smallest absolute Gasteiger partial charge is 0.261 e. The van der Waals surface area contributed by atoms with Gasteiger partial charge >= 0.3 is 0 Å². The molecule has 0 aromatic heterocycles. The second-order valence-electron chi connectivity index (χ2n) is 9.47. The van der Waals surface area contributed by atoms with Gasteiger partial charge in [-0.05, 0) is 53.2 Å². The first-order valence-electron chi connectivity index (χ1n) is 11.6. The highest BCUT2D eigenvalue weighted by Gasteiger charge is 2.50. The summed E-state index contributed by atoms with van der Waals surface area (Å²) in [6.45, 7) is 14.2. The van der Waals surface area contributed by atoms with E-state index in [1.54, 1.807) is 0 Å². The molecule has 0 bridgehead atoms. The average molecular weight is 435 g/mol. The van der Waals surface area contributed by atoms with Crippen LogP contribution in [0.5, 0.6) is 0 Å². The lowest BCUT2D eigenvalue weighted by molar-refractivity contribution is 0.0148. The standard InChI is InChI=1S/C28H38O2Si/c1-7-26-22(3)21-23(30-27(26)8-2)19-20-29-31(28(4,5)6,24-15-11-9-12-16-24)25-17-13-10-14-18-25/h7,9-18,21,23,27H,8,19-20H2,1-6H3/b26-7+/t23-,27-/m0/s1. The molecule has 31 heavy (non-hydrogen) atoms. The summed E-state index contributed by atoms with van der Waals surface area (Å²) in [6.07, 6.45) is 6.62. The SMILES string of the molecule is C/C=C1\C(C)=C[C@H](CCO[Si](c2ccccc2)(c2ccccc2)C(C)(C)C)O[C@H]1CC. The predicted octanol–water partition coefficient (Wildman–Crippen LogP) is 6.02. The second kappa shape index (κ2) is 10.1. The van der Waals surface area contributed by atoms with Crippen LogP contribution in [0.4, 0.5) is 0 Å². The molecule has 0 amide bonds. The summed E-state index contributed by atoms with van der Waals surface area (Å²) in [5.41, 5.74) is 2.67. The van der Waals surface area contributed by atoms with Gasteiger partial charge in [0.2, 0.25) is 0 Å². The van der Waals surface area contributed by atoms with Crippen LogP contribution in [0.15, 0.2) is 84.0 Å². The number of hydrogen-bond donors (Lipinski definition) is 0. The lowest BCUT2D eigenvalue weighted by Crippen LogP contribution is -2.66. The third kappa shape index (κ3) is 4.95. The third-order valence-electron chi connectivity index (χ3n) is 6.40. The molecule has 1 aliphatic heterocycles. The van der Waals surface area contributed by atoms with Crippen molar-refractivity contribution < 1.29 is 9.16 Å². The maximum atomic E-state index is 7.04. The number of benzene rings is 2. The Balaban J connectivity index is 1.90. The van der Waals surface area contributed by atoms with Crippen LogP contribution >= 0.6 is 0 Å². The Kier molecular flexibility index (Phi) is 7.74. The van der Waals surface area contributed by atoms with Crippen molar-refractivity contribution in [2.45, 2.75) is 71.6 Å². The number of hydrogen-bond acceptors (Lipinski definition) is 2. The van der Waals surface area contributed by atoms with Gasteiger partial charge in [0.05, 0.1) is 12.2 Å². The second-order valence-corrected chi connectivity index (χ2v) is 13.8. The summed E-state index contributed by atoms with van der Waals surface area (Å²) >= 11 is 0. The van der Waals surface area contributed by atoms with Crippen molar-refractivity contribution in [3.63, 3.8) is 0 Å². The van der Waals surface area contributed by atoms with Crippen molar-refractivity contribution in [3.05, 3.63) is 84.0 Å². The van der Waals surface area contributed by atoms with E-state index >= 15 is 0 Å². The van der Waals surface area contributed by atoms with E-state index in [1.165, 1.54) is 21.5 Å². The Labute approximate surface area is 190 Å². The van der Waals surface area contributed by atoms with Crippen molar-refractivity contribution in [2.24, 2.45) is 0 Å². The zero-order chi connectivity index (χ0) is 22.5. The molecule has 3 rings (SSSR count). The van der Waals surface area contributed by atoms with Gasteiger partial charge in [0, 0.05) is 6.61 Å². The molecule has 0 unspecified atom stereocenters. The van der Waals surface area contributed by atoms with Crippen LogP contribution in [-0.4, -0.2) is 27.1 Å². The molecule has 166 valence electrons. The Morgan fingerprint density at radius 3 is 1.97 bits per heavy atom. The molecule has 0 aliphatic carbocycles. The largest absolute Gasteiger partial charge is 0.407 e. The molecular formula is C28H38O2Si. The van der Waals surface area contributed by atoms with Crippen LogP contribution in [0.1, 0.15) is 54.4 Å². The maximum Gasteiger partial charge on any atom is 0.261 e. The minimum absolute atomic E-state index is 0.00104. The number of rotatable bonds is 7. The summed E-state index contributed by atoms with van der Waals surface area (Å²) < 4.78 is 13.5. The fraction of sp³-hybridized carbons (Fsp3) is 0.429. The molecule has 0 fully saturated rings. The van der Waals surface area contributed by atoms with Gasteiger partial charge in [-0.25, -0.2) is 0 Å². The maximum absolute atomic E-state index is 7.04. The molecule has 1 heterocycles. The predicted molar refractivity (Wildman–Crippen MR) is 135 cm³/mol. The van der Waals surface area contributed by atoms with Gasteiger partial charge in [-0.15, -0.1) is 0 Å². The molecule has 2 aromatic rings. The van der Waals surface area contributed by atoms with Crippen molar-refractivity contribution in [3.8, 4) is 0 Å². The van der Waals surface area contributed by atoms with Crippen molar-refractivity contribution in [2.75, 3.05) is 6.61 Å². The summed E-state index contributed by atoms with van der Waals surface area (Å²) in [5.74, 6) is 0. The normalized spacial score (nSPS) is 21.2. The zero-order valence-corrected chi connectivity index (χ0v) is 21.0. The molecule has 0 N–H and O–H groups in total. The van der Waals surface area contributed by atoms with E-state index in [9.17, 15) is 0 Å². The summed E-state index contributed by atoms with van der Waals surface area (Å²) in [6, 6.07) is 21.7. The molecule has 1 aliphatic rings. The van der Waals surface area contributed by atoms with Gasteiger partial charge in [0.25, 0.3) is 8.32 Å². The molecule has 2 atom stereocenters. The Bertz CT molecular complexity index is 854. The van der Waals surface area contributed by atoms with Gasteiger partial charge in [-0.2, -0.15) is 0 Å². The molecule has 0 radical (unpaired) electrons. The Hall–Kier alpha value is -1.94. The highest BCUT2D eigenvalue weighted by atomic mass is 28.4. The van der Waals surface area contributed by atoms with Gasteiger partial charge in [-0.3, -0.25) is 0 Å². The lowest BCUT2D eigenvalue weighted by Gasteiger charge is -2.43. The summed E-state index contributed by atoms with van der Waals surface area (Å²) in [7, 11) is -2.48. The van der Waals surface area contributed by atoms with Crippen molar-refractivity contribution in [1.29, 1.82) is 0 Å². The minimum atomic E-state index is -2.48. The Morgan fingerprint density at radius 2 is 1.52 bits per heavy atom. The van der Waals surface area contributed by atoms with Crippen LogP contribution in [0.25, 0.3) is 0 Å². The molecule has 3 heteroatoms. The molecular weight excluding hydrogens is 396 g/mol. The van der Waals surface area contributed by atoms with E-state index in [0.29, 0.717) is 6.61 Å². The van der Waals surface area contributed by atoms with Crippen LogP contribution < -0.4 is 10.4 Å². The van der Waals surface area contributed by atoms with Crippen molar-refractivity contribution in [1.82, 2.24) is 0 Å². The van der Waals surface area contributed by atoms with E-state index in [4.69, 9.17) is 9.16 Å². The molecule has 2 aromatic carbocycles. The topological polar surface area (TPSA) is 18.5 Å². The van der Waals surface area contributed by atoms with E-state index in [0.717, 1.165) is 12.8 Å². The summed E-state index contributed by atoms with van der Waals surface area (Å²) in [4.78, 5) is 0. The average Bonchev–Trinajstić information content (AvgIpc) is 2.76. The minimum Gasteiger partial charge on any atom is -0.407 e. The van der Waals surface area contributed by atoms with Gasteiger partial charge in [0.15, 0.2) is 0 Å². The van der Waals surface area contributed by atoms with Crippen molar-refractivity contribution >= 4 is 18.7 Å². The van der Waals surface area contributed by atoms with E-state index in [-0.39, 0.29) is 17.2 Å². The first kappa shape index (κ1) is 23.7. The number of allylic oxidation sites excluding steroid dienone is 1. The van der Waals surface area contributed by atoms with Crippen LogP contribution in [0, 0.1) is 0 Å². The van der Waals surface area contributed by atoms with Crippen LogP contribution in [-0.2, 0) is 9.16 Å². The monoisotopic (exact) mass is 434 g/mol. The van der Waals surface area contributed by atoms with Crippen LogP contribution in [0.2, 0.25) is 5.04 Å². The quantitative estimate of drug-likeness (QED) is 0.496. The highest BCUT2D eigenvalue weighted by molar-refractivity contribution is 6.99. The van der Waals surface area contributed by atoms with Crippen LogP contribution in [0.3, 0.4) is 0 Å². The van der Waals surface area contributed by atoms with E-state index in [1.807, 2.05) is 0 Å². The van der Waals surface area contributed by atoms with E-state index < -0.39 is 8.32 Å². The van der Waals surface area contributed by atoms with Gasteiger partial charge in [0.1, 0.15) is 0 Å². The molecule has 0 saturated carbocycles. The fourth-order valence-corrected chi connectivity index (χ4v) is 9.50. The lowest BCUT2D eigenvalue weighted by atomic mass is 9.94. The highest BCUT2D eigenvalue weighted by Crippen LogP contribution is 2.37. The number of ether oxygens (including phenoxy) is 1. The first-order chi connectivity index (χ1) is 14.8. The van der Waals surface area contributed by atoms with E-state index in [2.05, 4.69) is 114 Å². The first-order valence-corrected chi connectivity index (χ1v) is 13.5. The fourth-order valence-electron chi connectivity index (χ4n) is 4.92. The third-order valence-corrected chi connectivity index (χ3v) is 11.4. The molecule has 2 nitrogen and oxygen atoms in total. The summed E-state index contributed by atoms with van der Waals surface area (Å²) in [5, 5.41) is 2.65. The molecule has 0 saturated heterocycles. The Morgan fingerprint density at radius 1 is 0.968 bits per heavy atom. The van der Waals surface area contributed by atoms with Gasteiger partial charge in [-0.1, -0.05) is 101 Å². The van der Waals surface area contributed by atoms with Gasteiger partial charge < -0.3 is 9.16 Å². The molecule has 0 spiro atoms.